The maximum Gasteiger partial charge on any atom is 0.262 e. The Labute approximate surface area is 169 Å². The summed E-state index contributed by atoms with van der Waals surface area (Å²) in [7, 11) is 0. The van der Waals surface area contributed by atoms with Gasteiger partial charge in [0.25, 0.3) is 5.91 Å². The van der Waals surface area contributed by atoms with Crippen LogP contribution in [0.4, 0.5) is 10.1 Å². The van der Waals surface area contributed by atoms with Crippen LogP contribution in [0.2, 0.25) is 0 Å². The van der Waals surface area contributed by atoms with Crippen LogP contribution in [0, 0.1) is 5.82 Å². The van der Waals surface area contributed by atoms with Crippen molar-refractivity contribution in [3.8, 4) is 5.75 Å². The molecule has 0 aromatic heterocycles. The number of hydrogen-bond acceptors (Lipinski definition) is 4. The summed E-state index contributed by atoms with van der Waals surface area (Å²) in [6.07, 6.45) is 0.285. The number of benzene rings is 2. The van der Waals surface area contributed by atoms with Crippen molar-refractivity contribution in [2.75, 3.05) is 25.0 Å². The zero-order valence-electron chi connectivity index (χ0n) is 15.9. The van der Waals surface area contributed by atoms with Crippen molar-refractivity contribution < 1.29 is 18.7 Å². The van der Waals surface area contributed by atoms with Crippen LogP contribution >= 0.6 is 12.2 Å². The lowest BCUT2D eigenvalue weighted by Crippen LogP contribution is -2.47. The van der Waals surface area contributed by atoms with Crippen LogP contribution in [0.25, 0.3) is 0 Å². The number of rotatable bonds is 5. The molecule has 2 atom stereocenters. The van der Waals surface area contributed by atoms with Gasteiger partial charge < -0.3 is 19.7 Å². The van der Waals surface area contributed by atoms with Crippen LogP contribution in [0.5, 0.6) is 5.75 Å². The molecule has 0 saturated carbocycles. The summed E-state index contributed by atoms with van der Waals surface area (Å²) in [5, 5.41) is 2.65. The average Bonchev–Trinajstić information content (AvgIpc) is 2.67. The number of nitrogens with zero attached hydrogens (tertiary/aromatic N) is 1. The van der Waals surface area contributed by atoms with Crippen LogP contribution in [0.1, 0.15) is 19.4 Å². The fourth-order valence-corrected chi connectivity index (χ4v) is 3.38. The van der Waals surface area contributed by atoms with Crippen molar-refractivity contribution in [3.05, 3.63) is 59.9 Å². The van der Waals surface area contributed by atoms with Gasteiger partial charge in [-0.2, -0.15) is 0 Å². The van der Waals surface area contributed by atoms with Crippen molar-refractivity contribution in [2.45, 2.75) is 26.1 Å². The zero-order chi connectivity index (χ0) is 20.1. The van der Waals surface area contributed by atoms with Crippen LogP contribution in [-0.2, 0) is 9.53 Å². The molecular formula is C21H23FN2O3S. The molecule has 1 fully saturated rings. The third-order valence-corrected chi connectivity index (χ3v) is 4.80. The first-order valence-corrected chi connectivity index (χ1v) is 9.54. The van der Waals surface area contributed by atoms with Gasteiger partial charge in [0.1, 0.15) is 16.6 Å². The van der Waals surface area contributed by atoms with Gasteiger partial charge >= 0.3 is 0 Å². The molecule has 5 nitrogen and oxygen atoms in total. The molecule has 1 amide bonds. The smallest absolute Gasteiger partial charge is 0.262 e. The minimum atomic E-state index is -0.353. The van der Waals surface area contributed by atoms with Crippen molar-refractivity contribution in [1.82, 2.24) is 4.90 Å². The molecule has 7 heteroatoms. The summed E-state index contributed by atoms with van der Waals surface area (Å²) >= 11 is 5.62. The summed E-state index contributed by atoms with van der Waals surface area (Å²) in [5.74, 6) is -0.0970. The first kappa shape index (κ1) is 20.2. The van der Waals surface area contributed by atoms with Crippen LogP contribution in [0.3, 0.4) is 0 Å². The lowest BCUT2D eigenvalue weighted by Gasteiger charge is -2.37. The van der Waals surface area contributed by atoms with E-state index in [9.17, 15) is 9.18 Å². The Hall–Kier alpha value is -2.51. The highest BCUT2D eigenvalue weighted by atomic mass is 32.1. The molecule has 3 rings (SSSR count). The molecular weight excluding hydrogens is 379 g/mol. The van der Waals surface area contributed by atoms with Gasteiger partial charge in [-0.3, -0.25) is 4.79 Å². The summed E-state index contributed by atoms with van der Waals surface area (Å²) in [5.41, 5.74) is 1.45. The quantitative estimate of drug-likeness (QED) is 0.774. The zero-order valence-corrected chi connectivity index (χ0v) is 16.7. The Morgan fingerprint density at radius 2 is 1.75 bits per heavy atom. The highest BCUT2D eigenvalue weighted by molar-refractivity contribution is 7.80. The molecule has 0 unspecified atom stereocenters. The monoisotopic (exact) mass is 402 g/mol. The van der Waals surface area contributed by atoms with Crippen molar-refractivity contribution >= 4 is 28.8 Å². The lowest BCUT2D eigenvalue weighted by atomic mass is 10.1. The number of thiocarbonyl (C=S) groups is 1. The van der Waals surface area contributed by atoms with Crippen LogP contribution in [0.15, 0.2) is 48.5 Å². The maximum absolute atomic E-state index is 12.9. The number of amides is 1. The number of ether oxygens (including phenoxy) is 2. The van der Waals surface area contributed by atoms with Gasteiger partial charge in [-0.15, -0.1) is 0 Å². The van der Waals surface area contributed by atoms with Crippen molar-refractivity contribution in [3.63, 3.8) is 0 Å². The molecule has 1 aliphatic heterocycles. The highest BCUT2D eigenvalue weighted by Gasteiger charge is 2.24. The Bertz CT molecular complexity index is 817. The number of carbonyl (C=O) groups excluding carboxylic acids is 1. The van der Waals surface area contributed by atoms with E-state index in [4.69, 9.17) is 21.7 Å². The fraction of sp³-hybridized carbons (Fsp3) is 0.333. The van der Waals surface area contributed by atoms with Gasteiger partial charge in [0.2, 0.25) is 0 Å². The van der Waals surface area contributed by atoms with Crippen molar-refractivity contribution in [1.29, 1.82) is 0 Å². The molecule has 2 aromatic carbocycles. The van der Waals surface area contributed by atoms with Crippen LogP contribution in [-0.4, -0.2) is 47.7 Å². The molecule has 1 heterocycles. The topological polar surface area (TPSA) is 50.8 Å². The van der Waals surface area contributed by atoms with E-state index in [0.29, 0.717) is 11.4 Å². The second-order valence-corrected chi connectivity index (χ2v) is 7.22. The maximum atomic E-state index is 12.9. The number of carbonyl (C=O) groups is 1. The third-order valence-electron chi connectivity index (χ3n) is 4.31. The predicted octanol–water partition coefficient (Wildman–Crippen LogP) is 3.63. The van der Waals surface area contributed by atoms with Crippen molar-refractivity contribution in [2.24, 2.45) is 0 Å². The normalized spacial score (nSPS) is 19.2. The molecule has 0 bridgehead atoms. The third kappa shape index (κ3) is 5.50. The summed E-state index contributed by atoms with van der Waals surface area (Å²) in [4.78, 5) is 14.9. The average molecular weight is 402 g/mol. The molecule has 1 saturated heterocycles. The molecule has 1 N–H and O–H groups in total. The molecule has 1 aliphatic rings. The molecule has 2 aromatic rings. The Kier molecular flexibility index (Phi) is 6.59. The SMILES string of the molecule is C[C@H]1CN(C(=S)c2ccc(OCC(=O)Nc3ccc(F)cc3)cc2)C[C@H](C)O1. The second-order valence-electron chi connectivity index (χ2n) is 6.84. The van der Waals surface area contributed by atoms with E-state index in [-0.39, 0.29) is 30.5 Å². The predicted molar refractivity (Wildman–Crippen MR) is 110 cm³/mol. The molecule has 0 spiro atoms. The van der Waals surface area contributed by atoms with Gasteiger partial charge in [0.15, 0.2) is 6.61 Å². The van der Waals surface area contributed by atoms with Gasteiger partial charge in [-0.25, -0.2) is 4.39 Å². The van der Waals surface area contributed by atoms with E-state index in [1.54, 1.807) is 12.1 Å². The first-order valence-electron chi connectivity index (χ1n) is 9.13. The van der Waals surface area contributed by atoms with E-state index in [1.807, 2.05) is 26.0 Å². The Balaban J connectivity index is 1.52. The number of anilines is 1. The Morgan fingerprint density at radius 3 is 2.36 bits per heavy atom. The minimum absolute atomic E-state index is 0.139. The van der Waals surface area contributed by atoms with Gasteiger partial charge in [-0.1, -0.05) is 12.2 Å². The second kappa shape index (κ2) is 9.12. The van der Waals surface area contributed by atoms with Gasteiger partial charge in [0.05, 0.1) is 12.2 Å². The number of nitrogens with one attached hydrogen (secondary N) is 1. The number of hydrogen-bond donors (Lipinski definition) is 1. The molecule has 28 heavy (non-hydrogen) atoms. The highest BCUT2D eigenvalue weighted by Crippen LogP contribution is 2.18. The van der Waals surface area contributed by atoms with Gasteiger partial charge in [0, 0.05) is 24.3 Å². The van der Waals surface area contributed by atoms with E-state index < -0.39 is 0 Å². The van der Waals surface area contributed by atoms with Gasteiger partial charge in [-0.05, 0) is 62.4 Å². The van der Waals surface area contributed by atoms with E-state index in [0.717, 1.165) is 23.6 Å². The summed E-state index contributed by atoms with van der Waals surface area (Å²) < 4.78 is 24.1. The Morgan fingerprint density at radius 1 is 1.14 bits per heavy atom. The standard InChI is InChI=1S/C21H23FN2O3S/c1-14-11-24(12-15(2)27-14)21(28)16-3-9-19(10-4-16)26-13-20(25)23-18-7-5-17(22)6-8-18/h3-10,14-15H,11-13H2,1-2H3,(H,23,25)/t14-,15-/m0/s1. The van der Waals surface area contributed by atoms with E-state index in [1.165, 1.54) is 24.3 Å². The summed E-state index contributed by atoms with van der Waals surface area (Å²) in [6, 6.07) is 12.9. The summed E-state index contributed by atoms with van der Waals surface area (Å²) in [6.45, 7) is 5.48. The number of halogens is 1. The minimum Gasteiger partial charge on any atom is -0.484 e. The van der Waals surface area contributed by atoms with E-state index in [2.05, 4.69) is 10.2 Å². The van der Waals surface area contributed by atoms with Crippen LogP contribution < -0.4 is 10.1 Å². The first-order chi connectivity index (χ1) is 13.4. The number of morpholine rings is 1. The fourth-order valence-electron chi connectivity index (χ4n) is 3.10. The van der Waals surface area contributed by atoms with E-state index >= 15 is 0 Å². The lowest BCUT2D eigenvalue weighted by molar-refractivity contribution is -0.118. The molecule has 148 valence electrons. The molecule has 0 radical (unpaired) electrons. The molecule has 0 aliphatic carbocycles. The largest absolute Gasteiger partial charge is 0.484 e.